The Kier molecular flexibility index (Phi) is 3.15. The number of nitrogens with one attached hydrogen (secondary N) is 1. The molecule has 1 aliphatic carbocycles. The molecule has 1 aromatic rings. The molecule has 1 fully saturated rings. The van der Waals surface area contributed by atoms with Crippen molar-refractivity contribution < 1.29 is 4.79 Å². The number of pyridine rings is 1. The minimum absolute atomic E-state index is 0.304. The van der Waals surface area contributed by atoms with Crippen LogP contribution in [0.15, 0.2) is 12.3 Å². The van der Waals surface area contributed by atoms with Crippen molar-refractivity contribution >= 4 is 29.2 Å². The normalized spacial score (nSPS) is 16.5. The first-order chi connectivity index (χ1) is 8.06. The highest BCUT2D eigenvalue weighted by Crippen LogP contribution is 2.47. The van der Waals surface area contributed by atoms with Gasteiger partial charge < -0.3 is 16.8 Å². The van der Waals surface area contributed by atoms with E-state index in [1.54, 1.807) is 6.07 Å². The molecule has 0 spiro atoms. The molecule has 0 radical (unpaired) electrons. The predicted octanol–water partition coefficient (Wildman–Crippen LogP) is 1.07. The molecule has 1 heterocycles. The van der Waals surface area contributed by atoms with Gasteiger partial charge in [-0.15, -0.1) is 0 Å². The summed E-state index contributed by atoms with van der Waals surface area (Å²) < 4.78 is 0.304. The van der Waals surface area contributed by atoms with E-state index in [1.807, 2.05) is 11.8 Å². The van der Waals surface area contributed by atoms with Crippen molar-refractivity contribution in [3.05, 3.63) is 17.8 Å². The SMILES string of the molecule is CSC1(CNc2ncc(N)cc2C(N)=O)CC1. The quantitative estimate of drug-likeness (QED) is 0.728. The molecule has 0 aromatic carbocycles. The van der Waals surface area contributed by atoms with Crippen molar-refractivity contribution in [2.24, 2.45) is 5.73 Å². The molecular weight excluding hydrogens is 236 g/mol. The number of thioether (sulfide) groups is 1. The molecule has 92 valence electrons. The minimum Gasteiger partial charge on any atom is -0.397 e. The van der Waals surface area contributed by atoms with Gasteiger partial charge in [-0.25, -0.2) is 4.98 Å². The van der Waals surface area contributed by atoms with Crippen LogP contribution in [0.1, 0.15) is 23.2 Å². The lowest BCUT2D eigenvalue weighted by Crippen LogP contribution is -2.21. The molecule has 0 aliphatic heterocycles. The maximum absolute atomic E-state index is 11.3. The van der Waals surface area contributed by atoms with E-state index in [4.69, 9.17) is 11.5 Å². The molecule has 0 atom stereocenters. The first-order valence-corrected chi connectivity index (χ1v) is 6.63. The number of amides is 1. The van der Waals surface area contributed by atoms with Crippen LogP contribution in [0.2, 0.25) is 0 Å². The van der Waals surface area contributed by atoms with Crippen molar-refractivity contribution in [1.82, 2.24) is 4.98 Å². The van der Waals surface area contributed by atoms with E-state index >= 15 is 0 Å². The largest absolute Gasteiger partial charge is 0.397 e. The van der Waals surface area contributed by atoms with Gasteiger partial charge in [0.15, 0.2) is 0 Å². The Labute approximate surface area is 104 Å². The Morgan fingerprint density at radius 1 is 1.65 bits per heavy atom. The van der Waals surface area contributed by atoms with Crippen LogP contribution in [0, 0.1) is 0 Å². The molecule has 5 N–H and O–H groups in total. The smallest absolute Gasteiger partial charge is 0.252 e. The molecule has 0 unspecified atom stereocenters. The number of hydrogen-bond donors (Lipinski definition) is 3. The Balaban J connectivity index is 2.12. The first kappa shape index (κ1) is 12.0. The van der Waals surface area contributed by atoms with Crippen molar-refractivity contribution in [3.8, 4) is 0 Å². The zero-order chi connectivity index (χ0) is 12.5. The average Bonchev–Trinajstić information content (AvgIpc) is 3.08. The summed E-state index contributed by atoms with van der Waals surface area (Å²) in [5, 5.41) is 3.19. The van der Waals surface area contributed by atoms with Gasteiger partial charge in [0.1, 0.15) is 5.82 Å². The van der Waals surface area contributed by atoms with Gasteiger partial charge in [-0.05, 0) is 25.2 Å². The highest BCUT2D eigenvalue weighted by Gasteiger charge is 2.41. The van der Waals surface area contributed by atoms with Gasteiger partial charge in [0.25, 0.3) is 5.91 Å². The van der Waals surface area contributed by atoms with Crippen LogP contribution < -0.4 is 16.8 Å². The van der Waals surface area contributed by atoms with Crippen molar-refractivity contribution in [2.45, 2.75) is 17.6 Å². The Bertz CT molecular complexity index is 445. The van der Waals surface area contributed by atoms with E-state index in [2.05, 4.69) is 16.6 Å². The maximum atomic E-state index is 11.3. The molecular formula is C11H16N4OS. The van der Waals surface area contributed by atoms with E-state index < -0.39 is 5.91 Å². The summed E-state index contributed by atoms with van der Waals surface area (Å²) in [5.41, 5.74) is 11.7. The second kappa shape index (κ2) is 4.44. The van der Waals surface area contributed by atoms with Crippen LogP contribution in [-0.4, -0.2) is 28.4 Å². The van der Waals surface area contributed by atoms with Crippen LogP contribution in [0.5, 0.6) is 0 Å². The van der Waals surface area contributed by atoms with Crippen molar-refractivity contribution in [1.29, 1.82) is 0 Å². The third kappa shape index (κ3) is 2.63. The fourth-order valence-electron chi connectivity index (χ4n) is 1.65. The van der Waals surface area contributed by atoms with E-state index in [9.17, 15) is 4.79 Å². The van der Waals surface area contributed by atoms with Crippen LogP contribution in [0.3, 0.4) is 0 Å². The fourth-order valence-corrected chi connectivity index (χ4v) is 2.37. The average molecular weight is 252 g/mol. The highest BCUT2D eigenvalue weighted by molar-refractivity contribution is 8.00. The van der Waals surface area contributed by atoms with E-state index in [0.717, 1.165) is 6.54 Å². The van der Waals surface area contributed by atoms with E-state index in [0.29, 0.717) is 21.8 Å². The number of rotatable bonds is 5. The van der Waals surface area contributed by atoms with Crippen LogP contribution in [-0.2, 0) is 0 Å². The number of aromatic nitrogens is 1. The predicted molar refractivity (Wildman–Crippen MR) is 71.1 cm³/mol. The van der Waals surface area contributed by atoms with Gasteiger partial charge in [-0.3, -0.25) is 4.79 Å². The zero-order valence-electron chi connectivity index (χ0n) is 9.69. The van der Waals surface area contributed by atoms with E-state index in [1.165, 1.54) is 19.0 Å². The molecule has 5 nitrogen and oxygen atoms in total. The van der Waals surface area contributed by atoms with Gasteiger partial charge in [0.05, 0.1) is 17.4 Å². The van der Waals surface area contributed by atoms with Gasteiger partial charge in [-0.2, -0.15) is 11.8 Å². The number of primary amides is 1. The number of nitrogens with two attached hydrogens (primary N) is 2. The summed E-state index contributed by atoms with van der Waals surface area (Å²) in [7, 11) is 0. The summed E-state index contributed by atoms with van der Waals surface area (Å²) in [6.07, 6.45) is 6.01. The second-order valence-corrected chi connectivity index (χ2v) is 5.54. The molecule has 1 aromatic heterocycles. The molecule has 1 saturated carbocycles. The number of anilines is 2. The summed E-state index contributed by atoms with van der Waals surface area (Å²) in [6.45, 7) is 0.797. The summed E-state index contributed by atoms with van der Waals surface area (Å²) in [4.78, 5) is 15.4. The third-order valence-corrected chi connectivity index (χ3v) is 4.41. The van der Waals surface area contributed by atoms with Gasteiger partial charge in [0.2, 0.25) is 0 Å². The number of carbonyl (C=O) groups excluding carboxylic acids is 1. The molecule has 6 heteroatoms. The Morgan fingerprint density at radius 2 is 2.35 bits per heavy atom. The lowest BCUT2D eigenvalue weighted by Gasteiger charge is -2.15. The Morgan fingerprint density at radius 3 is 2.88 bits per heavy atom. The third-order valence-electron chi connectivity index (χ3n) is 2.99. The number of nitrogen functional groups attached to an aromatic ring is 1. The summed E-state index contributed by atoms with van der Waals surface area (Å²) >= 11 is 1.84. The summed E-state index contributed by atoms with van der Waals surface area (Å²) in [5.74, 6) is 0.00771. The maximum Gasteiger partial charge on any atom is 0.252 e. The van der Waals surface area contributed by atoms with Crippen LogP contribution in [0.25, 0.3) is 0 Å². The fraction of sp³-hybridized carbons (Fsp3) is 0.455. The lowest BCUT2D eigenvalue weighted by molar-refractivity contribution is 0.100. The highest BCUT2D eigenvalue weighted by atomic mass is 32.2. The monoisotopic (exact) mass is 252 g/mol. The molecule has 0 bridgehead atoms. The molecule has 1 amide bonds. The van der Waals surface area contributed by atoms with Gasteiger partial charge in [0, 0.05) is 11.3 Å². The number of nitrogens with zero attached hydrogens (tertiary/aromatic N) is 1. The lowest BCUT2D eigenvalue weighted by atomic mass is 10.2. The molecule has 0 saturated heterocycles. The van der Waals surface area contributed by atoms with Crippen molar-refractivity contribution in [3.63, 3.8) is 0 Å². The van der Waals surface area contributed by atoms with Crippen LogP contribution >= 0.6 is 11.8 Å². The molecule has 2 rings (SSSR count). The van der Waals surface area contributed by atoms with E-state index in [-0.39, 0.29) is 0 Å². The van der Waals surface area contributed by atoms with Crippen LogP contribution in [0.4, 0.5) is 11.5 Å². The van der Waals surface area contributed by atoms with Crippen molar-refractivity contribution in [2.75, 3.05) is 23.9 Å². The number of hydrogen-bond acceptors (Lipinski definition) is 5. The zero-order valence-corrected chi connectivity index (χ0v) is 10.5. The van der Waals surface area contributed by atoms with Gasteiger partial charge >= 0.3 is 0 Å². The summed E-state index contributed by atoms with van der Waals surface area (Å²) in [6, 6.07) is 1.55. The standard InChI is InChI=1S/C11H16N4OS/c1-17-11(2-3-11)6-15-10-8(9(13)16)4-7(12)5-14-10/h4-5H,2-3,6,12H2,1H3,(H2,13,16)(H,14,15). The van der Waals surface area contributed by atoms with Gasteiger partial charge in [-0.1, -0.05) is 0 Å². The second-order valence-electron chi connectivity index (χ2n) is 4.27. The molecule has 17 heavy (non-hydrogen) atoms. The first-order valence-electron chi connectivity index (χ1n) is 5.41. The minimum atomic E-state index is -0.513. The topological polar surface area (TPSA) is 94.0 Å². The number of carbonyl (C=O) groups is 1. The Hall–Kier alpha value is -1.43. The molecule has 1 aliphatic rings.